The summed E-state index contributed by atoms with van der Waals surface area (Å²) in [5.41, 5.74) is 1.35. The number of amides is 1. The Kier molecular flexibility index (Phi) is 6.44. The molecule has 1 saturated heterocycles. The van der Waals surface area contributed by atoms with E-state index in [9.17, 15) is 19.1 Å². The number of anilines is 1. The molecule has 1 N–H and O–H groups in total. The van der Waals surface area contributed by atoms with Gasteiger partial charge in [0.05, 0.1) is 18.7 Å². The van der Waals surface area contributed by atoms with Crippen LogP contribution in [0.2, 0.25) is 5.02 Å². The Morgan fingerprint density at radius 3 is 2.44 bits per heavy atom. The Balaban J connectivity index is 1.97. The van der Waals surface area contributed by atoms with Gasteiger partial charge in [0, 0.05) is 21.8 Å². The highest BCUT2D eigenvalue weighted by atomic mass is 35.5. The number of aliphatic hydroxyl groups excluding tert-OH is 1. The number of carbonyl (C=O) groups excluding carboxylic acids is 2. The van der Waals surface area contributed by atoms with Crippen molar-refractivity contribution in [2.75, 3.05) is 12.0 Å². The lowest BCUT2D eigenvalue weighted by Gasteiger charge is -2.26. The number of nitrogens with zero attached hydrogens (tertiary/aromatic N) is 1. The third-order valence-corrected chi connectivity index (χ3v) is 6.09. The van der Waals surface area contributed by atoms with Crippen LogP contribution in [0.3, 0.4) is 0 Å². The Bertz CT molecular complexity index is 1320. The topological polar surface area (TPSA) is 66.8 Å². The Morgan fingerprint density at radius 1 is 1.06 bits per heavy atom. The van der Waals surface area contributed by atoms with E-state index in [1.165, 1.54) is 29.2 Å². The van der Waals surface area contributed by atoms with Crippen molar-refractivity contribution < 1.29 is 23.8 Å². The minimum Gasteiger partial charge on any atom is -0.507 e. The maximum atomic E-state index is 15.0. The van der Waals surface area contributed by atoms with E-state index in [4.69, 9.17) is 16.3 Å². The summed E-state index contributed by atoms with van der Waals surface area (Å²) >= 11 is 6.13. The van der Waals surface area contributed by atoms with E-state index in [-0.39, 0.29) is 22.8 Å². The van der Waals surface area contributed by atoms with E-state index in [2.05, 4.69) is 0 Å². The number of methoxy groups -OCH3 is 1. The van der Waals surface area contributed by atoms with E-state index in [1.54, 1.807) is 49.6 Å². The Morgan fingerprint density at radius 2 is 1.79 bits per heavy atom. The zero-order valence-corrected chi connectivity index (χ0v) is 19.6. The number of ketones is 1. The molecule has 1 heterocycles. The van der Waals surface area contributed by atoms with Gasteiger partial charge in [0.15, 0.2) is 0 Å². The van der Waals surface area contributed by atoms with Crippen LogP contribution in [-0.4, -0.2) is 23.9 Å². The van der Waals surface area contributed by atoms with Crippen molar-refractivity contribution in [3.8, 4) is 5.75 Å². The van der Waals surface area contributed by atoms with Gasteiger partial charge in [0.25, 0.3) is 11.7 Å². The minimum atomic E-state index is -1.18. The van der Waals surface area contributed by atoms with Crippen molar-refractivity contribution in [1.82, 2.24) is 0 Å². The smallest absolute Gasteiger partial charge is 0.300 e. The summed E-state index contributed by atoms with van der Waals surface area (Å²) in [6, 6.07) is 16.1. The number of hydrogen-bond donors (Lipinski definition) is 1. The molecule has 1 amide bonds. The molecular weight excluding hydrogens is 457 g/mol. The van der Waals surface area contributed by atoms with Crippen LogP contribution >= 0.6 is 11.6 Å². The summed E-state index contributed by atoms with van der Waals surface area (Å²) in [6.45, 7) is 3.94. The molecule has 1 unspecified atom stereocenters. The second-order valence-corrected chi connectivity index (χ2v) is 8.72. The molecular formula is C27H23ClFNO4. The highest BCUT2D eigenvalue weighted by Crippen LogP contribution is 2.43. The summed E-state index contributed by atoms with van der Waals surface area (Å²) in [7, 11) is 1.55. The molecule has 0 aromatic heterocycles. The maximum Gasteiger partial charge on any atom is 0.300 e. The largest absolute Gasteiger partial charge is 0.507 e. The second-order valence-electron chi connectivity index (χ2n) is 8.28. The summed E-state index contributed by atoms with van der Waals surface area (Å²) < 4.78 is 20.4. The van der Waals surface area contributed by atoms with Crippen LogP contribution in [0.1, 0.15) is 42.5 Å². The van der Waals surface area contributed by atoms with Crippen LogP contribution in [0.4, 0.5) is 10.1 Å². The third-order valence-electron chi connectivity index (χ3n) is 5.86. The highest BCUT2D eigenvalue weighted by molar-refractivity contribution is 6.51. The number of rotatable bonds is 5. The zero-order valence-electron chi connectivity index (χ0n) is 18.9. The van der Waals surface area contributed by atoms with Gasteiger partial charge in [0.1, 0.15) is 17.3 Å². The van der Waals surface area contributed by atoms with Crippen molar-refractivity contribution in [2.45, 2.75) is 25.8 Å². The van der Waals surface area contributed by atoms with Gasteiger partial charge in [-0.05, 0) is 53.9 Å². The van der Waals surface area contributed by atoms with Crippen LogP contribution in [0.5, 0.6) is 5.75 Å². The summed E-state index contributed by atoms with van der Waals surface area (Å²) in [6.07, 6.45) is 0. The van der Waals surface area contributed by atoms with Gasteiger partial charge in [-0.1, -0.05) is 49.7 Å². The fourth-order valence-corrected chi connectivity index (χ4v) is 4.39. The van der Waals surface area contributed by atoms with Crippen molar-refractivity contribution in [1.29, 1.82) is 0 Å². The van der Waals surface area contributed by atoms with Crippen LogP contribution in [0.25, 0.3) is 5.76 Å². The molecule has 5 nitrogen and oxygen atoms in total. The van der Waals surface area contributed by atoms with Gasteiger partial charge in [0.2, 0.25) is 0 Å². The van der Waals surface area contributed by atoms with Crippen LogP contribution in [0.15, 0.2) is 72.3 Å². The van der Waals surface area contributed by atoms with E-state index >= 15 is 0 Å². The van der Waals surface area contributed by atoms with Crippen LogP contribution in [0, 0.1) is 5.82 Å². The fourth-order valence-electron chi connectivity index (χ4n) is 4.20. The SMILES string of the molecule is COc1ccc(/C(O)=C2\C(=O)C(=O)N(c3cccc(Cl)c3)C2c2ccccc2F)cc1C(C)C. The van der Waals surface area contributed by atoms with Gasteiger partial charge >= 0.3 is 0 Å². The molecule has 0 aliphatic carbocycles. The number of aliphatic hydroxyl groups is 1. The lowest BCUT2D eigenvalue weighted by Crippen LogP contribution is -2.29. The number of benzene rings is 3. The fraction of sp³-hybridized carbons (Fsp3) is 0.185. The van der Waals surface area contributed by atoms with E-state index in [0.717, 1.165) is 5.56 Å². The molecule has 1 fully saturated rings. The molecule has 0 saturated carbocycles. The second kappa shape index (κ2) is 9.31. The number of halogens is 2. The lowest BCUT2D eigenvalue weighted by atomic mass is 9.93. The number of carbonyl (C=O) groups is 2. The quantitative estimate of drug-likeness (QED) is 0.267. The molecule has 3 aromatic rings. The monoisotopic (exact) mass is 479 g/mol. The molecule has 7 heteroatoms. The number of ether oxygens (including phenoxy) is 1. The Labute approximate surface area is 202 Å². The summed E-state index contributed by atoms with van der Waals surface area (Å²) in [5, 5.41) is 11.7. The summed E-state index contributed by atoms with van der Waals surface area (Å²) in [5.74, 6) is -2.08. The molecule has 0 radical (unpaired) electrons. The predicted molar refractivity (Wildman–Crippen MR) is 130 cm³/mol. The molecule has 1 atom stereocenters. The first kappa shape index (κ1) is 23.5. The maximum absolute atomic E-state index is 15.0. The molecule has 4 rings (SSSR count). The number of hydrogen-bond acceptors (Lipinski definition) is 4. The first-order valence-corrected chi connectivity index (χ1v) is 11.1. The third kappa shape index (κ3) is 4.05. The highest BCUT2D eigenvalue weighted by Gasteiger charge is 2.47. The van der Waals surface area contributed by atoms with Gasteiger partial charge in [-0.3, -0.25) is 14.5 Å². The van der Waals surface area contributed by atoms with E-state index < -0.39 is 23.5 Å². The van der Waals surface area contributed by atoms with Gasteiger partial charge in [-0.2, -0.15) is 0 Å². The minimum absolute atomic E-state index is 0.0685. The lowest BCUT2D eigenvalue weighted by molar-refractivity contribution is -0.132. The van der Waals surface area contributed by atoms with Crippen LogP contribution in [-0.2, 0) is 9.59 Å². The Hall–Kier alpha value is -3.64. The molecule has 174 valence electrons. The zero-order chi connectivity index (χ0) is 24.6. The van der Waals surface area contributed by atoms with Gasteiger partial charge in [-0.25, -0.2) is 4.39 Å². The van der Waals surface area contributed by atoms with Crippen LogP contribution < -0.4 is 9.64 Å². The summed E-state index contributed by atoms with van der Waals surface area (Å²) in [4.78, 5) is 27.6. The molecule has 34 heavy (non-hydrogen) atoms. The normalized spacial score (nSPS) is 17.5. The van der Waals surface area contributed by atoms with E-state index in [0.29, 0.717) is 22.0 Å². The van der Waals surface area contributed by atoms with E-state index in [1.807, 2.05) is 13.8 Å². The molecule has 0 bridgehead atoms. The standard InChI is InChI=1S/C27H23ClFNO4/c1-15(2)20-13-16(11-12-22(20)34-3)25(31)23-24(19-9-4-5-10-21(19)29)30(27(33)26(23)32)18-8-6-7-17(28)14-18/h4-15,24,31H,1-3H3/b25-23+. The molecule has 3 aromatic carbocycles. The van der Waals surface area contributed by atoms with Gasteiger partial charge < -0.3 is 9.84 Å². The van der Waals surface area contributed by atoms with Crippen molar-refractivity contribution >= 4 is 34.7 Å². The number of Topliss-reactive ketones (excluding diaryl/α,β-unsaturated/α-hetero) is 1. The first-order valence-electron chi connectivity index (χ1n) is 10.7. The molecule has 1 aliphatic rings. The van der Waals surface area contributed by atoms with Crippen molar-refractivity contribution in [3.05, 3.63) is 99.8 Å². The first-order chi connectivity index (χ1) is 16.2. The van der Waals surface area contributed by atoms with Crippen molar-refractivity contribution in [3.63, 3.8) is 0 Å². The predicted octanol–water partition coefficient (Wildman–Crippen LogP) is 6.24. The molecule has 0 spiro atoms. The van der Waals surface area contributed by atoms with Gasteiger partial charge in [-0.15, -0.1) is 0 Å². The average molecular weight is 480 g/mol. The van der Waals surface area contributed by atoms with Crippen molar-refractivity contribution in [2.24, 2.45) is 0 Å². The average Bonchev–Trinajstić information content (AvgIpc) is 3.08. The molecule has 1 aliphatic heterocycles.